The zero-order valence-electron chi connectivity index (χ0n) is 23.7. The van der Waals surface area contributed by atoms with Gasteiger partial charge in [0.25, 0.3) is 0 Å². The Labute approximate surface area is 233 Å². The minimum absolute atomic E-state index is 0.443. The summed E-state index contributed by atoms with van der Waals surface area (Å²) in [5.74, 6) is 2.13. The average molecular weight is 552 g/mol. The predicted molar refractivity (Wildman–Crippen MR) is 149 cm³/mol. The second-order valence-corrected chi connectivity index (χ2v) is 10.4. The molecule has 214 valence electrons. The van der Waals surface area contributed by atoms with Crippen LogP contribution in [0.1, 0.15) is 51.1 Å². The molecule has 0 spiro atoms. The maximum absolute atomic E-state index is 12.1. The van der Waals surface area contributed by atoms with Gasteiger partial charge in [-0.1, -0.05) is 6.92 Å². The predicted octanol–water partition coefficient (Wildman–Crippen LogP) is 3.00. The topological polar surface area (TPSA) is 139 Å². The van der Waals surface area contributed by atoms with Crippen LogP contribution in [-0.2, 0) is 28.9 Å². The van der Waals surface area contributed by atoms with Crippen LogP contribution in [0.25, 0.3) is 5.65 Å². The third kappa shape index (κ3) is 7.65. The summed E-state index contributed by atoms with van der Waals surface area (Å²) in [5, 5.41) is 23.7. The Morgan fingerprint density at radius 2 is 2.10 bits per heavy atom. The number of carbonyl (C=O) groups is 1. The summed E-state index contributed by atoms with van der Waals surface area (Å²) in [4.78, 5) is 23.2. The van der Waals surface area contributed by atoms with E-state index in [9.17, 15) is 10.0 Å². The van der Waals surface area contributed by atoms with Crippen molar-refractivity contribution in [3.8, 4) is 0 Å². The smallest absolute Gasteiger partial charge is 0.436 e. The first-order chi connectivity index (χ1) is 19.1. The van der Waals surface area contributed by atoms with Crippen LogP contribution in [0.3, 0.4) is 0 Å². The average Bonchev–Trinajstić information content (AvgIpc) is 3.55. The first-order valence-electron chi connectivity index (χ1n) is 13.3. The number of rotatable bonds is 12. The van der Waals surface area contributed by atoms with Crippen molar-refractivity contribution in [3.05, 3.63) is 65.3 Å². The van der Waals surface area contributed by atoms with E-state index >= 15 is 0 Å². The van der Waals surface area contributed by atoms with Crippen LogP contribution in [-0.4, -0.2) is 67.9 Å². The zero-order valence-corrected chi connectivity index (χ0v) is 23.7. The minimum Gasteiger partial charge on any atom is -0.619 e. The molecule has 0 saturated heterocycles. The Balaban J connectivity index is 1.28. The molecule has 0 aromatic carbocycles. The Hall–Kier alpha value is -4.26. The lowest BCUT2D eigenvalue weighted by Crippen LogP contribution is -2.27. The van der Waals surface area contributed by atoms with Crippen molar-refractivity contribution < 1.29 is 19.0 Å². The molecule has 0 bridgehead atoms. The highest BCUT2D eigenvalue weighted by Gasteiger charge is 2.19. The van der Waals surface area contributed by atoms with Gasteiger partial charge in [-0.3, -0.25) is 0 Å². The summed E-state index contributed by atoms with van der Waals surface area (Å²) >= 11 is 0. The van der Waals surface area contributed by atoms with E-state index in [-0.39, 0.29) is 0 Å². The molecule has 4 aromatic rings. The van der Waals surface area contributed by atoms with Crippen molar-refractivity contribution >= 4 is 23.4 Å². The van der Waals surface area contributed by atoms with E-state index in [1.54, 1.807) is 37.5 Å². The highest BCUT2D eigenvalue weighted by molar-refractivity contribution is 5.69. The van der Waals surface area contributed by atoms with Gasteiger partial charge < -0.3 is 24.9 Å². The van der Waals surface area contributed by atoms with Crippen molar-refractivity contribution in [2.24, 2.45) is 0 Å². The number of nitrogens with zero attached hydrogens (tertiary/aromatic N) is 8. The van der Waals surface area contributed by atoms with E-state index in [0.29, 0.717) is 32.0 Å². The second-order valence-electron chi connectivity index (χ2n) is 10.4. The maximum Gasteiger partial charge on any atom is 0.436 e. The van der Waals surface area contributed by atoms with Crippen molar-refractivity contribution in [1.29, 1.82) is 0 Å². The quantitative estimate of drug-likeness (QED) is 0.159. The molecule has 13 heteroatoms. The van der Waals surface area contributed by atoms with E-state index in [1.165, 1.54) is 12.5 Å². The largest absolute Gasteiger partial charge is 0.619 e. The number of nitrogens with one attached hydrogen (secondary N) is 1. The molecular weight excluding hydrogens is 514 g/mol. The third-order valence-electron chi connectivity index (χ3n) is 5.99. The van der Waals surface area contributed by atoms with Gasteiger partial charge in [0.2, 0.25) is 0 Å². The molecule has 0 amide bonds. The molecule has 1 N–H and O–H groups in total. The number of pyridine rings is 1. The highest BCUT2D eigenvalue weighted by atomic mass is 16.6. The Kier molecular flexibility index (Phi) is 9.15. The fourth-order valence-electron chi connectivity index (χ4n) is 3.96. The first-order valence-corrected chi connectivity index (χ1v) is 13.3. The number of aryl methyl sites for hydroxylation is 1. The molecule has 40 heavy (non-hydrogen) atoms. The molecule has 13 nitrogen and oxygen atoms in total. The number of aromatic nitrogens is 7. The molecule has 4 aromatic heterocycles. The van der Waals surface area contributed by atoms with Gasteiger partial charge in [0.05, 0.1) is 12.8 Å². The fourth-order valence-corrected chi connectivity index (χ4v) is 3.96. The normalized spacial score (nSPS) is 11.6. The van der Waals surface area contributed by atoms with Crippen LogP contribution in [0.2, 0.25) is 0 Å². The van der Waals surface area contributed by atoms with Gasteiger partial charge >= 0.3 is 6.09 Å². The van der Waals surface area contributed by atoms with Gasteiger partial charge in [0.15, 0.2) is 23.9 Å². The van der Waals surface area contributed by atoms with Crippen molar-refractivity contribution in [3.63, 3.8) is 0 Å². The number of ether oxygens (including phenoxy) is 2. The SMILES string of the molecule is CCc1cnn2c(NCc3ccc[n+]([O-])c3)cc(N(C)CCCOCCc3ncn(C(=O)OC(C)(C)C)n3)nc12. The summed E-state index contributed by atoms with van der Waals surface area (Å²) < 4.78 is 14.8. The molecule has 0 unspecified atom stereocenters. The first kappa shape index (κ1) is 28.7. The van der Waals surface area contributed by atoms with Gasteiger partial charge in [-0.2, -0.15) is 19.0 Å². The number of fused-ring (bicyclic) bond motifs is 1. The second kappa shape index (κ2) is 12.7. The molecule has 0 aliphatic rings. The summed E-state index contributed by atoms with van der Waals surface area (Å²) in [7, 11) is 2.00. The summed E-state index contributed by atoms with van der Waals surface area (Å²) in [6.45, 7) is 9.69. The van der Waals surface area contributed by atoms with E-state index < -0.39 is 11.7 Å². The number of hydrogen-bond donors (Lipinski definition) is 1. The van der Waals surface area contributed by atoms with E-state index in [4.69, 9.17) is 14.5 Å². The van der Waals surface area contributed by atoms with Crippen molar-refractivity contribution in [2.45, 2.75) is 59.1 Å². The van der Waals surface area contributed by atoms with Gasteiger partial charge in [0.1, 0.15) is 23.6 Å². The molecule has 4 rings (SSSR count). The number of carbonyl (C=O) groups excluding carboxylic acids is 1. The van der Waals surface area contributed by atoms with Gasteiger partial charge in [-0.05, 0) is 39.7 Å². The van der Waals surface area contributed by atoms with Crippen molar-refractivity contribution in [2.75, 3.05) is 37.0 Å². The zero-order chi connectivity index (χ0) is 28.7. The molecule has 4 heterocycles. The van der Waals surface area contributed by atoms with E-state index in [1.807, 2.05) is 25.4 Å². The van der Waals surface area contributed by atoms with Crippen molar-refractivity contribution in [1.82, 2.24) is 29.4 Å². The molecule has 0 atom stereocenters. The van der Waals surface area contributed by atoms with Crippen LogP contribution in [0, 0.1) is 5.21 Å². The maximum atomic E-state index is 12.1. The lowest BCUT2D eigenvalue weighted by Gasteiger charge is -2.20. The summed E-state index contributed by atoms with van der Waals surface area (Å²) in [5.41, 5.74) is 2.13. The van der Waals surface area contributed by atoms with E-state index in [0.717, 1.165) is 57.2 Å². The molecule has 0 aliphatic heterocycles. The number of anilines is 2. The number of hydrogen-bond acceptors (Lipinski definition) is 10. The lowest BCUT2D eigenvalue weighted by atomic mass is 10.2. The van der Waals surface area contributed by atoms with E-state index in [2.05, 4.69) is 32.3 Å². The summed E-state index contributed by atoms with van der Waals surface area (Å²) in [6.07, 6.45) is 7.74. The van der Waals surface area contributed by atoms with Crippen LogP contribution in [0.4, 0.5) is 16.4 Å². The van der Waals surface area contributed by atoms with Gasteiger partial charge in [-0.25, -0.2) is 14.8 Å². The Bertz CT molecular complexity index is 1430. The Morgan fingerprint density at radius 3 is 2.85 bits per heavy atom. The molecule has 0 fully saturated rings. The van der Waals surface area contributed by atoms with Gasteiger partial charge in [0, 0.05) is 56.4 Å². The molecule has 0 radical (unpaired) electrons. The highest BCUT2D eigenvalue weighted by Crippen LogP contribution is 2.22. The fraction of sp³-hybridized carbons (Fsp3) is 0.481. The minimum atomic E-state index is -0.597. The van der Waals surface area contributed by atoms with Gasteiger partial charge in [-0.15, -0.1) is 5.10 Å². The standard InChI is InChI=1S/C27H37N9O4/c1-6-21-17-30-36-23(28-16-20-9-7-12-34(38)18-20)15-24(31-25(21)36)33(5)11-8-13-39-14-10-22-29-19-35(32-22)26(37)40-27(2,3)4/h7,9,12,15,17-19,28H,6,8,10-11,13-14,16H2,1-5H3. The van der Waals surface area contributed by atoms with Crippen LogP contribution in [0.15, 0.2) is 43.1 Å². The third-order valence-corrected chi connectivity index (χ3v) is 5.99. The molecule has 0 saturated carbocycles. The molecular formula is C27H37N9O4. The lowest BCUT2D eigenvalue weighted by molar-refractivity contribution is -0.605. The monoisotopic (exact) mass is 551 g/mol. The summed E-state index contributed by atoms with van der Waals surface area (Å²) in [6, 6.07) is 5.58. The van der Waals surface area contributed by atoms with Crippen LogP contribution >= 0.6 is 0 Å². The Morgan fingerprint density at radius 1 is 1.27 bits per heavy atom. The molecule has 0 aliphatic carbocycles. The van der Waals surface area contributed by atoms with Crippen LogP contribution in [0.5, 0.6) is 0 Å². The van der Waals surface area contributed by atoms with Crippen LogP contribution < -0.4 is 14.9 Å².